The SMILES string of the molecule is CCCCC([C]=O)C(=O)CCCCC(=O)CCC. The number of hydrogen-bond acceptors (Lipinski definition) is 3. The normalized spacial score (nSPS) is 12.1. The molecule has 103 valence electrons. The highest BCUT2D eigenvalue weighted by atomic mass is 16.1. The van der Waals surface area contributed by atoms with E-state index < -0.39 is 5.92 Å². The fourth-order valence-corrected chi connectivity index (χ4v) is 1.89. The lowest BCUT2D eigenvalue weighted by Crippen LogP contribution is -2.15. The van der Waals surface area contributed by atoms with Gasteiger partial charge in [0.25, 0.3) is 0 Å². The lowest BCUT2D eigenvalue weighted by Gasteiger charge is -2.07. The third-order valence-corrected chi connectivity index (χ3v) is 3.03. The van der Waals surface area contributed by atoms with Crippen molar-refractivity contribution < 1.29 is 14.4 Å². The van der Waals surface area contributed by atoms with Crippen LogP contribution >= 0.6 is 0 Å². The quantitative estimate of drug-likeness (QED) is 0.395. The summed E-state index contributed by atoms with van der Waals surface area (Å²) in [5.74, 6) is -0.285. The van der Waals surface area contributed by atoms with Crippen LogP contribution in [0.15, 0.2) is 0 Å². The van der Waals surface area contributed by atoms with E-state index >= 15 is 0 Å². The number of unbranched alkanes of at least 4 members (excludes halogenated alkanes) is 2. The second-order valence-corrected chi connectivity index (χ2v) is 4.77. The third kappa shape index (κ3) is 8.15. The van der Waals surface area contributed by atoms with Crippen LogP contribution in [0.4, 0.5) is 0 Å². The van der Waals surface area contributed by atoms with Gasteiger partial charge in [-0.1, -0.05) is 26.7 Å². The largest absolute Gasteiger partial charge is 0.300 e. The zero-order valence-electron chi connectivity index (χ0n) is 11.7. The molecule has 0 aliphatic carbocycles. The predicted octanol–water partition coefficient (Wildman–Crippen LogP) is 3.40. The molecule has 3 heteroatoms. The van der Waals surface area contributed by atoms with Gasteiger partial charge in [0.1, 0.15) is 11.6 Å². The minimum Gasteiger partial charge on any atom is -0.300 e. The van der Waals surface area contributed by atoms with E-state index in [4.69, 9.17) is 0 Å². The number of carbonyl (C=O) groups excluding carboxylic acids is 3. The smallest absolute Gasteiger partial charge is 0.209 e. The van der Waals surface area contributed by atoms with E-state index in [-0.39, 0.29) is 11.6 Å². The van der Waals surface area contributed by atoms with Gasteiger partial charge in [0.15, 0.2) is 0 Å². The Hall–Kier alpha value is -0.990. The second-order valence-electron chi connectivity index (χ2n) is 4.77. The minimum absolute atomic E-state index is 0.0126. The summed E-state index contributed by atoms with van der Waals surface area (Å²) in [5, 5.41) is 0. The Labute approximate surface area is 110 Å². The maximum absolute atomic E-state index is 11.7. The van der Waals surface area contributed by atoms with Crippen LogP contribution in [0.3, 0.4) is 0 Å². The van der Waals surface area contributed by atoms with Crippen LogP contribution in [0.2, 0.25) is 0 Å². The van der Waals surface area contributed by atoms with Gasteiger partial charge in [0.2, 0.25) is 6.29 Å². The van der Waals surface area contributed by atoms with E-state index in [9.17, 15) is 14.4 Å². The van der Waals surface area contributed by atoms with Crippen molar-refractivity contribution in [1.82, 2.24) is 0 Å². The lowest BCUT2D eigenvalue weighted by atomic mass is 9.95. The number of carbonyl (C=O) groups is 2. The molecule has 0 aliphatic rings. The van der Waals surface area contributed by atoms with Crippen LogP contribution in [-0.2, 0) is 14.4 Å². The number of hydrogen-bond donors (Lipinski definition) is 0. The number of rotatable bonds is 12. The highest BCUT2D eigenvalue weighted by molar-refractivity contribution is 5.93. The second kappa shape index (κ2) is 11.1. The minimum atomic E-state index is -0.545. The molecule has 18 heavy (non-hydrogen) atoms. The summed E-state index contributed by atoms with van der Waals surface area (Å²) >= 11 is 0. The van der Waals surface area contributed by atoms with Crippen molar-refractivity contribution in [2.24, 2.45) is 5.92 Å². The topological polar surface area (TPSA) is 51.2 Å². The Bertz CT molecular complexity index is 258. The molecule has 3 nitrogen and oxygen atoms in total. The molecule has 0 bridgehead atoms. The predicted molar refractivity (Wildman–Crippen MR) is 72.1 cm³/mol. The Morgan fingerprint density at radius 3 is 2.17 bits per heavy atom. The average Bonchev–Trinajstić information content (AvgIpc) is 2.36. The molecule has 1 unspecified atom stereocenters. The van der Waals surface area contributed by atoms with E-state index in [1.807, 2.05) is 20.1 Å². The highest BCUT2D eigenvalue weighted by Gasteiger charge is 2.17. The molecule has 0 amide bonds. The van der Waals surface area contributed by atoms with Gasteiger partial charge in [-0.2, -0.15) is 0 Å². The summed E-state index contributed by atoms with van der Waals surface area (Å²) in [6.07, 6.45) is 8.28. The van der Waals surface area contributed by atoms with Gasteiger partial charge in [0, 0.05) is 19.3 Å². The van der Waals surface area contributed by atoms with Gasteiger partial charge in [-0.3, -0.25) is 14.4 Å². The average molecular weight is 253 g/mol. The molecule has 0 aromatic heterocycles. The molecule has 0 heterocycles. The summed E-state index contributed by atoms with van der Waals surface area (Å²) in [5.41, 5.74) is 0. The fourth-order valence-electron chi connectivity index (χ4n) is 1.89. The first-order chi connectivity index (χ1) is 8.65. The maximum atomic E-state index is 11.7. The molecular formula is C15H25O3. The highest BCUT2D eigenvalue weighted by Crippen LogP contribution is 2.12. The van der Waals surface area contributed by atoms with Crippen molar-refractivity contribution >= 4 is 17.9 Å². The summed E-state index contributed by atoms with van der Waals surface area (Å²) in [7, 11) is 0. The van der Waals surface area contributed by atoms with Crippen LogP contribution in [0, 0.1) is 5.92 Å². The summed E-state index contributed by atoms with van der Waals surface area (Å²) in [6.45, 7) is 4.02. The van der Waals surface area contributed by atoms with Crippen LogP contribution in [-0.4, -0.2) is 17.9 Å². The van der Waals surface area contributed by atoms with Crippen molar-refractivity contribution in [3.63, 3.8) is 0 Å². The van der Waals surface area contributed by atoms with Crippen molar-refractivity contribution in [2.75, 3.05) is 0 Å². The zero-order valence-corrected chi connectivity index (χ0v) is 11.7. The molecule has 0 spiro atoms. The maximum Gasteiger partial charge on any atom is 0.209 e. The molecule has 0 rings (SSSR count). The van der Waals surface area contributed by atoms with Gasteiger partial charge >= 0.3 is 0 Å². The van der Waals surface area contributed by atoms with Gasteiger partial charge in [0.05, 0.1) is 5.92 Å². The Kier molecular flexibility index (Phi) is 10.5. The number of Topliss-reactive ketones (excluding diaryl/α,β-unsaturated/α-hetero) is 2. The molecule has 1 radical (unpaired) electrons. The fraction of sp³-hybridized carbons (Fsp3) is 0.800. The molecule has 0 saturated heterocycles. The van der Waals surface area contributed by atoms with Crippen molar-refractivity contribution in [3.8, 4) is 0 Å². The summed E-state index contributed by atoms with van der Waals surface area (Å²) < 4.78 is 0. The molecule has 0 N–H and O–H groups in total. The lowest BCUT2D eigenvalue weighted by molar-refractivity contribution is -0.122. The Morgan fingerprint density at radius 1 is 0.944 bits per heavy atom. The van der Waals surface area contributed by atoms with E-state index in [1.165, 1.54) is 0 Å². The molecule has 0 fully saturated rings. The monoisotopic (exact) mass is 253 g/mol. The van der Waals surface area contributed by atoms with Gasteiger partial charge < -0.3 is 0 Å². The first-order valence-corrected chi connectivity index (χ1v) is 7.07. The zero-order chi connectivity index (χ0) is 13.8. The number of ketones is 2. The summed E-state index contributed by atoms with van der Waals surface area (Å²) in [6, 6.07) is 0. The first-order valence-electron chi connectivity index (χ1n) is 7.07. The first kappa shape index (κ1) is 17.0. The molecule has 1 atom stereocenters. The van der Waals surface area contributed by atoms with Gasteiger partial charge in [-0.25, -0.2) is 0 Å². The molecule has 0 aliphatic heterocycles. The molecule has 0 aromatic rings. The Balaban J connectivity index is 3.73. The van der Waals surface area contributed by atoms with Crippen LogP contribution in [0.5, 0.6) is 0 Å². The van der Waals surface area contributed by atoms with Crippen molar-refractivity contribution in [3.05, 3.63) is 0 Å². The van der Waals surface area contributed by atoms with Gasteiger partial charge in [-0.15, -0.1) is 0 Å². The third-order valence-electron chi connectivity index (χ3n) is 3.03. The van der Waals surface area contributed by atoms with E-state index in [2.05, 4.69) is 0 Å². The van der Waals surface area contributed by atoms with E-state index in [0.717, 1.165) is 25.7 Å². The van der Waals surface area contributed by atoms with Crippen LogP contribution in [0.1, 0.15) is 71.6 Å². The van der Waals surface area contributed by atoms with E-state index in [0.29, 0.717) is 32.1 Å². The van der Waals surface area contributed by atoms with E-state index in [1.54, 1.807) is 0 Å². The molecular weight excluding hydrogens is 228 g/mol. The van der Waals surface area contributed by atoms with Crippen molar-refractivity contribution in [1.29, 1.82) is 0 Å². The summed E-state index contributed by atoms with van der Waals surface area (Å²) in [4.78, 5) is 33.7. The van der Waals surface area contributed by atoms with Crippen LogP contribution < -0.4 is 0 Å². The Morgan fingerprint density at radius 2 is 1.61 bits per heavy atom. The molecule has 0 saturated carbocycles. The van der Waals surface area contributed by atoms with Gasteiger partial charge in [-0.05, 0) is 25.7 Å². The molecule has 0 aromatic carbocycles. The van der Waals surface area contributed by atoms with Crippen molar-refractivity contribution in [2.45, 2.75) is 71.6 Å². The standard InChI is InChI=1S/C15H25O3/c1-3-5-9-13(12-16)15(18)11-7-6-10-14(17)8-4-2/h13H,3-11H2,1-2H3. The van der Waals surface area contributed by atoms with Crippen LogP contribution in [0.25, 0.3) is 0 Å².